The second-order valence-corrected chi connectivity index (χ2v) is 8.00. The van der Waals surface area contributed by atoms with Crippen molar-refractivity contribution < 1.29 is 0 Å². The standard InChI is InChI=1S/C17H21N3S/c1-17(2)9-12(18)15-13(10-17)19-16(21-15)20-8-7-11-5-3-4-6-14(11)20/h3-6,12H,7-10,18H2,1-2H3. The maximum atomic E-state index is 6.38. The Bertz CT molecular complexity index is 689. The van der Waals surface area contributed by atoms with E-state index in [1.54, 1.807) is 11.3 Å². The topological polar surface area (TPSA) is 42.2 Å². The van der Waals surface area contributed by atoms with Crippen LogP contribution in [0, 0.1) is 5.41 Å². The summed E-state index contributed by atoms with van der Waals surface area (Å²) in [5.74, 6) is 0. The van der Waals surface area contributed by atoms with Crippen LogP contribution in [-0.2, 0) is 12.8 Å². The van der Waals surface area contributed by atoms with E-state index in [9.17, 15) is 0 Å². The largest absolute Gasteiger partial charge is 0.323 e. The number of benzene rings is 1. The van der Waals surface area contributed by atoms with Crippen LogP contribution in [0.25, 0.3) is 0 Å². The lowest BCUT2D eigenvalue weighted by atomic mass is 9.77. The predicted molar refractivity (Wildman–Crippen MR) is 88.3 cm³/mol. The molecule has 1 aliphatic carbocycles. The van der Waals surface area contributed by atoms with Crippen molar-refractivity contribution in [1.29, 1.82) is 0 Å². The Morgan fingerprint density at radius 1 is 1.33 bits per heavy atom. The Hall–Kier alpha value is -1.39. The van der Waals surface area contributed by atoms with Crippen LogP contribution in [0.2, 0.25) is 0 Å². The monoisotopic (exact) mass is 299 g/mol. The third-order valence-electron chi connectivity index (χ3n) is 4.59. The van der Waals surface area contributed by atoms with Gasteiger partial charge in [-0.25, -0.2) is 4.98 Å². The van der Waals surface area contributed by atoms with Gasteiger partial charge in [-0.3, -0.25) is 0 Å². The van der Waals surface area contributed by atoms with E-state index in [4.69, 9.17) is 10.7 Å². The molecule has 0 radical (unpaired) electrons. The second-order valence-electron chi connectivity index (χ2n) is 6.99. The van der Waals surface area contributed by atoms with Crippen molar-refractivity contribution in [2.45, 2.75) is 39.2 Å². The number of anilines is 2. The van der Waals surface area contributed by atoms with Crippen LogP contribution in [0.15, 0.2) is 24.3 Å². The maximum Gasteiger partial charge on any atom is 0.190 e. The highest BCUT2D eigenvalue weighted by molar-refractivity contribution is 7.15. The minimum atomic E-state index is 0.146. The molecule has 21 heavy (non-hydrogen) atoms. The van der Waals surface area contributed by atoms with Crippen molar-refractivity contribution in [2.24, 2.45) is 11.1 Å². The van der Waals surface area contributed by atoms with Gasteiger partial charge in [0.1, 0.15) is 0 Å². The van der Waals surface area contributed by atoms with Crippen LogP contribution >= 0.6 is 11.3 Å². The zero-order valence-electron chi connectivity index (χ0n) is 12.6. The maximum absolute atomic E-state index is 6.38. The fourth-order valence-corrected chi connectivity index (χ4v) is 4.76. The summed E-state index contributed by atoms with van der Waals surface area (Å²) in [6, 6.07) is 8.80. The summed E-state index contributed by atoms with van der Waals surface area (Å²) in [6.07, 6.45) is 3.21. The van der Waals surface area contributed by atoms with Gasteiger partial charge in [-0.1, -0.05) is 43.4 Å². The number of nitrogens with zero attached hydrogens (tertiary/aromatic N) is 2. The van der Waals surface area contributed by atoms with Crippen LogP contribution in [0.5, 0.6) is 0 Å². The van der Waals surface area contributed by atoms with Crippen LogP contribution in [-0.4, -0.2) is 11.5 Å². The average molecular weight is 299 g/mol. The van der Waals surface area contributed by atoms with Crippen LogP contribution in [0.4, 0.5) is 10.8 Å². The molecule has 0 spiro atoms. The van der Waals surface area contributed by atoms with E-state index in [-0.39, 0.29) is 11.5 Å². The molecule has 1 aliphatic heterocycles. The van der Waals surface area contributed by atoms with Gasteiger partial charge in [0.15, 0.2) is 5.13 Å². The molecule has 1 aromatic heterocycles. The molecule has 0 saturated heterocycles. The number of thiazole rings is 1. The Morgan fingerprint density at radius 3 is 3.00 bits per heavy atom. The van der Waals surface area contributed by atoms with Gasteiger partial charge in [-0.2, -0.15) is 0 Å². The molecule has 2 N–H and O–H groups in total. The lowest BCUT2D eigenvalue weighted by Gasteiger charge is -2.32. The fourth-order valence-electron chi connectivity index (χ4n) is 3.63. The molecule has 1 aromatic carbocycles. The molecule has 2 aliphatic rings. The van der Waals surface area contributed by atoms with Crippen molar-refractivity contribution in [3.05, 3.63) is 40.4 Å². The first-order chi connectivity index (χ1) is 10.0. The first kappa shape index (κ1) is 13.3. The van der Waals surface area contributed by atoms with Gasteiger partial charge in [0.05, 0.1) is 5.69 Å². The van der Waals surface area contributed by atoms with Crippen molar-refractivity contribution in [1.82, 2.24) is 4.98 Å². The predicted octanol–water partition coefficient (Wildman–Crippen LogP) is 3.81. The Labute approximate surface area is 129 Å². The molecule has 3 nitrogen and oxygen atoms in total. The van der Waals surface area contributed by atoms with Gasteiger partial charge in [0, 0.05) is 23.2 Å². The molecule has 2 aromatic rings. The highest BCUT2D eigenvalue weighted by atomic mass is 32.1. The molecule has 0 bridgehead atoms. The number of rotatable bonds is 1. The van der Waals surface area contributed by atoms with Gasteiger partial charge in [0.25, 0.3) is 0 Å². The van der Waals surface area contributed by atoms with E-state index in [2.05, 4.69) is 43.0 Å². The fraction of sp³-hybridized carbons (Fsp3) is 0.471. The Morgan fingerprint density at radius 2 is 2.14 bits per heavy atom. The van der Waals surface area contributed by atoms with Crippen molar-refractivity contribution >= 4 is 22.2 Å². The smallest absolute Gasteiger partial charge is 0.190 e. The highest BCUT2D eigenvalue weighted by Crippen LogP contribution is 2.45. The molecule has 110 valence electrons. The number of aromatic nitrogens is 1. The van der Waals surface area contributed by atoms with Crippen LogP contribution in [0.1, 0.15) is 42.4 Å². The SMILES string of the molecule is CC1(C)Cc2nc(N3CCc4ccccc43)sc2C(N)C1. The van der Waals surface area contributed by atoms with Crippen molar-refractivity contribution in [2.75, 3.05) is 11.4 Å². The molecular weight excluding hydrogens is 278 g/mol. The van der Waals surface area contributed by atoms with E-state index in [1.165, 1.54) is 21.8 Å². The number of hydrogen-bond donors (Lipinski definition) is 1. The van der Waals surface area contributed by atoms with Crippen LogP contribution in [0.3, 0.4) is 0 Å². The summed E-state index contributed by atoms with van der Waals surface area (Å²) >= 11 is 1.79. The minimum Gasteiger partial charge on any atom is -0.323 e. The van der Waals surface area contributed by atoms with Gasteiger partial charge in [-0.15, -0.1) is 0 Å². The molecular formula is C17H21N3S. The molecule has 4 heteroatoms. The second kappa shape index (κ2) is 4.55. The number of fused-ring (bicyclic) bond motifs is 2. The lowest BCUT2D eigenvalue weighted by molar-refractivity contribution is 0.282. The molecule has 4 rings (SSSR count). The minimum absolute atomic E-state index is 0.146. The van der Waals surface area contributed by atoms with Crippen molar-refractivity contribution in [3.8, 4) is 0 Å². The van der Waals surface area contributed by atoms with Gasteiger partial charge < -0.3 is 10.6 Å². The normalized spacial score (nSPS) is 23.0. The molecule has 0 fully saturated rings. The summed E-state index contributed by atoms with van der Waals surface area (Å²) in [6.45, 7) is 5.62. The molecule has 0 saturated carbocycles. The lowest BCUT2D eigenvalue weighted by Crippen LogP contribution is -2.28. The quantitative estimate of drug-likeness (QED) is 0.870. The number of para-hydroxylation sites is 1. The first-order valence-corrected chi connectivity index (χ1v) is 8.46. The van der Waals surface area contributed by atoms with E-state index >= 15 is 0 Å². The van der Waals surface area contributed by atoms with E-state index in [0.717, 1.165) is 30.9 Å². The molecule has 1 atom stereocenters. The summed E-state index contributed by atoms with van der Waals surface area (Å²) in [7, 11) is 0. The van der Waals surface area contributed by atoms with E-state index in [1.807, 2.05) is 0 Å². The zero-order valence-corrected chi connectivity index (χ0v) is 13.4. The highest BCUT2D eigenvalue weighted by Gasteiger charge is 2.34. The molecule has 0 amide bonds. The van der Waals surface area contributed by atoms with E-state index in [0.29, 0.717) is 0 Å². The first-order valence-electron chi connectivity index (χ1n) is 7.64. The molecule has 2 heterocycles. The molecule has 1 unspecified atom stereocenters. The van der Waals surface area contributed by atoms with Gasteiger partial charge in [-0.05, 0) is 36.3 Å². The van der Waals surface area contributed by atoms with Crippen molar-refractivity contribution in [3.63, 3.8) is 0 Å². The third kappa shape index (κ3) is 2.17. The van der Waals surface area contributed by atoms with Gasteiger partial charge in [0.2, 0.25) is 0 Å². The van der Waals surface area contributed by atoms with E-state index < -0.39 is 0 Å². The summed E-state index contributed by atoms with van der Waals surface area (Å²) in [5.41, 5.74) is 10.6. The zero-order chi connectivity index (χ0) is 14.6. The van der Waals surface area contributed by atoms with Crippen LogP contribution < -0.4 is 10.6 Å². The Kier molecular flexibility index (Phi) is 2.88. The summed E-state index contributed by atoms with van der Waals surface area (Å²) in [5, 5.41) is 1.12. The van der Waals surface area contributed by atoms with Gasteiger partial charge >= 0.3 is 0 Å². The average Bonchev–Trinajstić information content (AvgIpc) is 3.00. The third-order valence-corrected chi connectivity index (χ3v) is 5.84. The summed E-state index contributed by atoms with van der Waals surface area (Å²) in [4.78, 5) is 8.60. The summed E-state index contributed by atoms with van der Waals surface area (Å²) < 4.78 is 0. The Balaban J connectivity index is 1.73. The number of hydrogen-bond acceptors (Lipinski definition) is 4. The number of nitrogens with two attached hydrogens (primary N) is 1.